The molecule has 1 aliphatic rings. The third kappa shape index (κ3) is 3.44. The number of nitrogens with zero attached hydrogens (tertiary/aromatic N) is 2. The number of fused-ring (bicyclic) bond motifs is 1. The van der Waals surface area contributed by atoms with Crippen molar-refractivity contribution >= 4 is 34.4 Å². The van der Waals surface area contributed by atoms with E-state index < -0.39 is 10.0 Å². The molecule has 1 aliphatic heterocycles. The van der Waals surface area contributed by atoms with Crippen LogP contribution in [0.4, 0.5) is 5.95 Å². The molecule has 1 aromatic carbocycles. The molecule has 0 aliphatic carbocycles. The van der Waals surface area contributed by atoms with E-state index in [-0.39, 0.29) is 27.9 Å². The molecule has 0 saturated carbocycles. The average Bonchev–Trinajstić information content (AvgIpc) is 2.61. The van der Waals surface area contributed by atoms with Gasteiger partial charge in [0, 0.05) is 18.5 Å². The van der Waals surface area contributed by atoms with Gasteiger partial charge in [-0.25, -0.2) is 23.1 Å². The minimum Gasteiger partial charge on any atom is -0.486 e. The normalized spacial score (nSPS) is 13.4. The average molecular weight is 367 g/mol. The molecule has 1 aromatic heterocycles. The zero-order valence-corrected chi connectivity index (χ0v) is 14.0. The second kappa shape index (κ2) is 6.65. The number of anilines is 1. The van der Waals surface area contributed by atoms with Crippen LogP contribution in [-0.2, 0) is 10.0 Å². The van der Waals surface area contributed by atoms with Gasteiger partial charge in [-0.2, -0.15) is 12.6 Å². The SMILES string of the molecule is O=C(CS)c1cnc(NS(=O)(=O)c2ccc3c(c2)OCCO3)nc1. The highest BCUT2D eigenvalue weighted by molar-refractivity contribution is 7.92. The van der Waals surface area contributed by atoms with E-state index in [2.05, 4.69) is 27.3 Å². The fourth-order valence-electron chi connectivity index (χ4n) is 1.99. The second-order valence-electron chi connectivity index (χ2n) is 4.79. The lowest BCUT2D eigenvalue weighted by molar-refractivity contribution is 0.102. The zero-order valence-electron chi connectivity index (χ0n) is 12.3. The molecular weight excluding hydrogens is 354 g/mol. The predicted octanol–water partition coefficient (Wildman–Crippen LogP) is 1.16. The van der Waals surface area contributed by atoms with E-state index in [4.69, 9.17) is 9.47 Å². The van der Waals surface area contributed by atoms with Gasteiger partial charge in [-0.1, -0.05) is 0 Å². The van der Waals surface area contributed by atoms with Gasteiger partial charge in [0.15, 0.2) is 17.3 Å². The molecule has 0 bridgehead atoms. The fraction of sp³-hybridized carbons (Fsp3) is 0.214. The summed E-state index contributed by atoms with van der Waals surface area (Å²) in [5.74, 6) is 0.483. The first-order chi connectivity index (χ1) is 11.5. The number of benzene rings is 1. The lowest BCUT2D eigenvalue weighted by Crippen LogP contribution is -2.18. The molecule has 0 unspecified atom stereocenters. The van der Waals surface area contributed by atoms with Gasteiger partial charge in [0.1, 0.15) is 13.2 Å². The van der Waals surface area contributed by atoms with Gasteiger partial charge in [0.2, 0.25) is 5.95 Å². The predicted molar refractivity (Wildman–Crippen MR) is 88.5 cm³/mol. The van der Waals surface area contributed by atoms with Gasteiger partial charge in [-0.15, -0.1) is 0 Å². The first kappa shape index (κ1) is 16.5. The summed E-state index contributed by atoms with van der Waals surface area (Å²) < 4.78 is 37.8. The molecule has 0 atom stereocenters. The largest absolute Gasteiger partial charge is 0.486 e. The van der Waals surface area contributed by atoms with Crippen molar-refractivity contribution in [2.75, 3.05) is 23.7 Å². The molecule has 10 heteroatoms. The summed E-state index contributed by atoms with van der Waals surface area (Å²) in [6.45, 7) is 0.774. The number of thiol groups is 1. The third-order valence-corrected chi connectivity index (χ3v) is 4.78. The van der Waals surface area contributed by atoms with Crippen LogP contribution < -0.4 is 14.2 Å². The van der Waals surface area contributed by atoms with E-state index in [0.717, 1.165) is 0 Å². The van der Waals surface area contributed by atoms with Crippen molar-refractivity contribution in [3.63, 3.8) is 0 Å². The van der Waals surface area contributed by atoms with Crippen LogP contribution in [0.1, 0.15) is 10.4 Å². The van der Waals surface area contributed by atoms with E-state index in [1.807, 2.05) is 0 Å². The number of Topliss-reactive ketones (excluding diaryl/α,β-unsaturated/α-hetero) is 1. The van der Waals surface area contributed by atoms with Crippen LogP contribution in [-0.4, -0.2) is 43.1 Å². The highest BCUT2D eigenvalue weighted by atomic mass is 32.2. The zero-order chi connectivity index (χ0) is 17.2. The lowest BCUT2D eigenvalue weighted by atomic mass is 10.2. The standard InChI is InChI=1S/C14H13N3O5S2/c18-11(8-23)9-6-15-14(16-7-9)17-24(19,20)10-1-2-12-13(5-10)22-4-3-21-12/h1-2,5-7,23H,3-4,8H2,(H,15,16,17). The third-order valence-electron chi connectivity index (χ3n) is 3.17. The Labute approximate surface area is 143 Å². The quantitative estimate of drug-likeness (QED) is 0.603. The van der Waals surface area contributed by atoms with Crippen LogP contribution in [0.25, 0.3) is 0 Å². The molecule has 24 heavy (non-hydrogen) atoms. The maximum atomic E-state index is 12.4. The summed E-state index contributed by atoms with van der Waals surface area (Å²) in [5, 5.41) is 0. The number of nitrogens with one attached hydrogen (secondary N) is 1. The monoisotopic (exact) mass is 367 g/mol. The van der Waals surface area contributed by atoms with Crippen molar-refractivity contribution in [2.24, 2.45) is 0 Å². The van der Waals surface area contributed by atoms with E-state index in [1.165, 1.54) is 30.6 Å². The number of rotatable bonds is 5. The Morgan fingerprint density at radius 3 is 2.50 bits per heavy atom. The summed E-state index contributed by atoms with van der Waals surface area (Å²) in [4.78, 5) is 19.1. The first-order valence-electron chi connectivity index (χ1n) is 6.88. The number of carbonyl (C=O) groups is 1. The molecule has 8 nitrogen and oxygen atoms in total. The number of ketones is 1. The Kier molecular flexibility index (Phi) is 4.58. The Bertz CT molecular complexity index is 868. The van der Waals surface area contributed by atoms with Gasteiger partial charge >= 0.3 is 0 Å². The van der Waals surface area contributed by atoms with Gasteiger partial charge in [-0.05, 0) is 12.1 Å². The maximum Gasteiger partial charge on any atom is 0.264 e. The second-order valence-corrected chi connectivity index (χ2v) is 6.79. The van der Waals surface area contributed by atoms with Gasteiger partial charge in [-0.3, -0.25) is 4.79 Å². The first-order valence-corrected chi connectivity index (χ1v) is 9.00. The van der Waals surface area contributed by atoms with Gasteiger partial charge in [0.05, 0.1) is 16.2 Å². The minimum atomic E-state index is -3.90. The van der Waals surface area contributed by atoms with E-state index >= 15 is 0 Å². The Morgan fingerprint density at radius 2 is 1.83 bits per heavy atom. The number of hydrogen-bond donors (Lipinski definition) is 2. The Morgan fingerprint density at radius 1 is 1.17 bits per heavy atom. The highest BCUT2D eigenvalue weighted by Gasteiger charge is 2.20. The van der Waals surface area contributed by atoms with Crippen molar-refractivity contribution < 1.29 is 22.7 Å². The topological polar surface area (TPSA) is 107 Å². The molecule has 2 heterocycles. The van der Waals surface area contributed by atoms with Crippen molar-refractivity contribution in [2.45, 2.75) is 4.90 Å². The van der Waals surface area contributed by atoms with Crippen molar-refractivity contribution in [3.05, 3.63) is 36.2 Å². The molecule has 1 N–H and O–H groups in total. The number of carbonyl (C=O) groups excluding carboxylic acids is 1. The van der Waals surface area contributed by atoms with Crippen LogP contribution in [0.15, 0.2) is 35.5 Å². The summed E-state index contributed by atoms with van der Waals surface area (Å²) in [7, 11) is -3.90. The van der Waals surface area contributed by atoms with Crippen LogP contribution in [0, 0.1) is 0 Å². The van der Waals surface area contributed by atoms with Crippen molar-refractivity contribution in [1.82, 2.24) is 9.97 Å². The van der Waals surface area contributed by atoms with E-state index in [9.17, 15) is 13.2 Å². The van der Waals surface area contributed by atoms with Crippen LogP contribution in [0.2, 0.25) is 0 Å². The highest BCUT2D eigenvalue weighted by Crippen LogP contribution is 2.32. The number of sulfonamides is 1. The summed E-state index contributed by atoms with van der Waals surface area (Å²) in [6, 6.07) is 4.29. The molecule has 0 radical (unpaired) electrons. The summed E-state index contributed by atoms with van der Waals surface area (Å²) in [6.07, 6.45) is 2.49. The van der Waals surface area contributed by atoms with E-state index in [1.54, 1.807) is 0 Å². The molecule has 3 rings (SSSR count). The number of ether oxygens (including phenoxy) is 2. The molecule has 2 aromatic rings. The molecule has 126 valence electrons. The molecule has 0 saturated heterocycles. The minimum absolute atomic E-state index is 0.00846. The van der Waals surface area contributed by atoms with Crippen molar-refractivity contribution in [1.29, 1.82) is 0 Å². The number of hydrogen-bond acceptors (Lipinski definition) is 8. The number of aromatic nitrogens is 2. The Hall–Kier alpha value is -2.33. The van der Waals surface area contributed by atoms with E-state index in [0.29, 0.717) is 24.7 Å². The van der Waals surface area contributed by atoms with Gasteiger partial charge < -0.3 is 9.47 Å². The summed E-state index contributed by atoms with van der Waals surface area (Å²) >= 11 is 3.87. The maximum absolute atomic E-state index is 12.4. The smallest absolute Gasteiger partial charge is 0.264 e. The van der Waals surface area contributed by atoms with Gasteiger partial charge in [0.25, 0.3) is 10.0 Å². The molecule has 0 amide bonds. The fourth-order valence-corrected chi connectivity index (χ4v) is 3.14. The molecular formula is C14H13N3O5S2. The molecule has 0 fully saturated rings. The molecule has 0 spiro atoms. The Balaban J connectivity index is 1.82. The van der Waals surface area contributed by atoms with Crippen LogP contribution >= 0.6 is 12.6 Å². The van der Waals surface area contributed by atoms with Crippen LogP contribution in [0.3, 0.4) is 0 Å². The summed E-state index contributed by atoms with van der Waals surface area (Å²) in [5.41, 5.74) is 0.257. The van der Waals surface area contributed by atoms with Crippen LogP contribution in [0.5, 0.6) is 11.5 Å². The van der Waals surface area contributed by atoms with Crippen molar-refractivity contribution in [3.8, 4) is 11.5 Å². The lowest BCUT2D eigenvalue weighted by Gasteiger charge is -2.18.